The molecular formula is C11H8BrClN2O. The Morgan fingerprint density at radius 3 is 2.75 bits per heavy atom. The minimum absolute atomic E-state index is 0.00454. The lowest BCUT2D eigenvalue weighted by Crippen LogP contribution is -1.98. The SMILES string of the molecule is CC(=O)c1ccc(-n2cc(Br)cn2)c(Cl)c1. The van der Waals surface area contributed by atoms with Crippen molar-refractivity contribution in [2.75, 3.05) is 0 Å². The molecule has 3 nitrogen and oxygen atoms in total. The summed E-state index contributed by atoms with van der Waals surface area (Å²) < 4.78 is 2.52. The number of rotatable bonds is 2. The van der Waals surface area contributed by atoms with E-state index in [1.807, 2.05) is 0 Å². The van der Waals surface area contributed by atoms with Crippen molar-refractivity contribution < 1.29 is 4.79 Å². The molecule has 0 aliphatic rings. The van der Waals surface area contributed by atoms with Crippen LogP contribution in [0.3, 0.4) is 0 Å². The van der Waals surface area contributed by atoms with Crippen LogP contribution in [0.2, 0.25) is 5.02 Å². The molecule has 0 atom stereocenters. The third kappa shape index (κ3) is 2.18. The van der Waals surface area contributed by atoms with Gasteiger partial charge in [0.25, 0.3) is 0 Å². The molecule has 0 aliphatic carbocycles. The zero-order valence-corrected chi connectivity index (χ0v) is 10.8. The first kappa shape index (κ1) is 11.4. The zero-order valence-electron chi connectivity index (χ0n) is 8.45. The van der Waals surface area contributed by atoms with Crippen molar-refractivity contribution >= 4 is 33.3 Å². The second kappa shape index (κ2) is 4.39. The van der Waals surface area contributed by atoms with Gasteiger partial charge in [-0.25, -0.2) is 4.68 Å². The van der Waals surface area contributed by atoms with E-state index >= 15 is 0 Å². The Bertz CT molecular complexity index is 551. The van der Waals surface area contributed by atoms with Crippen molar-refractivity contribution in [3.05, 3.63) is 45.7 Å². The highest BCUT2D eigenvalue weighted by molar-refractivity contribution is 9.10. The van der Waals surface area contributed by atoms with Crippen molar-refractivity contribution in [3.63, 3.8) is 0 Å². The van der Waals surface area contributed by atoms with Crippen LogP contribution in [0.1, 0.15) is 17.3 Å². The Morgan fingerprint density at radius 2 is 2.25 bits per heavy atom. The Balaban J connectivity index is 2.47. The maximum atomic E-state index is 11.2. The molecule has 16 heavy (non-hydrogen) atoms. The maximum absolute atomic E-state index is 11.2. The molecule has 0 fully saturated rings. The summed E-state index contributed by atoms with van der Waals surface area (Å²) in [5, 5.41) is 4.62. The van der Waals surface area contributed by atoms with E-state index in [-0.39, 0.29) is 5.78 Å². The van der Waals surface area contributed by atoms with Gasteiger partial charge in [-0.2, -0.15) is 5.10 Å². The lowest BCUT2D eigenvalue weighted by Gasteiger charge is -2.05. The second-order valence-corrected chi connectivity index (χ2v) is 4.65. The normalized spacial score (nSPS) is 10.4. The minimum atomic E-state index is -0.00454. The van der Waals surface area contributed by atoms with E-state index in [0.29, 0.717) is 10.6 Å². The van der Waals surface area contributed by atoms with E-state index in [9.17, 15) is 4.79 Å². The molecule has 0 aliphatic heterocycles. The topological polar surface area (TPSA) is 34.9 Å². The molecule has 5 heteroatoms. The molecule has 1 aromatic heterocycles. The molecule has 1 aromatic carbocycles. The standard InChI is InChI=1S/C11H8BrClN2O/c1-7(16)8-2-3-11(10(13)4-8)15-6-9(12)5-14-15/h2-6H,1H3. The van der Waals surface area contributed by atoms with Crippen molar-refractivity contribution in [1.82, 2.24) is 9.78 Å². The third-order valence-electron chi connectivity index (χ3n) is 2.15. The molecule has 82 valence electrons. The first-order valence-corrected chi connectivity index (χ1v) is 5.76. The first-order valence-electron chi connectivity index (χ1n) is 4.59. The highest BCUT2D eigenvalue weighted by Gasteiger charge is 2.07. The summed E-state index contributed by atoms with van der Waals surface area (Å²) >= 11 is 9.40. The van der Waals surface area contributed by atoms with Gasteiger partial charge in [-0.05, 0) is 41.1 Å². The number of hydrogen-bond acceptors (Lipinski definition) is 2. The quantitative estimate of drug-likeness (QED) is 0.796. The van der Waals surface area contributed by atoms with Gasteiger partial charge >= 0.3 is 0 Å². The van der Waals surface area contributed by atoms with Crippen molar-refractivity contribution in [1.29, 1.82) is 0 Å². The highest BCUT2D eigenvalue weighted by Crippen LogP contribution is 2.22. The van der Waals surface area contributed by atoms with E-state index in [1.165, 1.54) is 6.92 Å². The number of benzene rings is 1. The minimum Gasteiger partial charge on any atom is -0.295 e. The van der Waals surface area contributed by atoms with Gasteiger partial charge in [-0.15, -0.1) is 0 Å². The average molecular weight is 300 g/mol. The van der Waals surface area contributed by atoms with Gasteiger partial charge in [0.1, 0.15) is 0 Å². The molecule has 0 saturated carbocycles. The summed E-state index contributed by atoms with van der Waals surface area (Å²) in [6.07, 6.45) is 3.48. The largest absolute Gasteiger partial charge is 0.295 e. The van der Waals surface area contributed by atoms with Gasteiger partial charge in [0, 0.05) is 11.8 Å². The van der Waals surface area contributed by atoms with Crippen LogP contribution in [0, 0.1) is 0 Å². The molecule has 2 rings (SSSR count). The van der Waals surface area contributed by atoms with Crippen LogP contribution in [0.15, 0.2) is 35.1 Å². The predicted octanol–water partition coefficient (Wildman–Crippen LogP) is 3.49. The van der Waals surface area contributed by atoms with Crippen LogP contribution in [-0.2, 0) is 0 Å². The maximum Gasteiger partial charge on any atom is 0.159 e. The van der Waals surface area contributed by atoms with Gasteiger partial charge < -0.3 is 0 Å². The van der Waals surface area contributed by atoms with Crippen LogP contribution < -0.4 is 0 Å². The van der Waals surface area contributed by atoms with Gasteiger partial charge in [0.05, 0.1) is 21.4 Å². The molecule has 0 bridgehead atoms. The average Bonchev–Trinajstić information content (AvgIpc) is 2.64. The molecule has 1 heterocycles. The number of carbonyl (C=O) groups excluding carboxylic acids is 1. The van der Waals surface area contributed by atoms with Crippen molar-refractivity contribution in [3.8, 4) is 5.69 Å². The molecule has 2 aromatic rings. The zero-order chi connectivity index (χ0) is 11.7. The number of carbonyl (C=O) groups is 1. The van der Waals surface area contributed by atoms with E-state index in [1.54, 1.807) is 35.3 Å². The fourth-order valence-corrected chi connectivity index (χ4v) is 1.90. The number of ketones is 1. The molecule has 0 radical (unpaired) electrons. The smallest absolute Gasteiger partial charge is 0.159 e. The predicted molar refractivity (Wildman–Crippen MR) is 66.3 cm³/mol. The van der Waals surface area contributed by atoms with E-state index in [2.05, 4.69) is 21.0 Å². The van der Waals surface area contributed by atoms with E-state index in [0.717, 1.165) is 10.2 Å². The number of hydrogen-bond donors (Lipinski definition) is 0. The summed E-state index contributed by atoms with van der Waals surface area (Å²) in [5.74, 6) is -0.00454. The molecule has 0 amide bonds. The Labute approximate surface area is 106 Å². The van der Waals surface area contributed by atoms with Gasteiger partial charge in [-0.1, -0.05) is 11.6 Å². The summed E-state index contributed by atoms with van der Waals surface area (Å²) in [7, 11) is 0. The lowest BCUT2D eigenvalue weighted by atomic mass is 10.1. The molecule has 0 saturated heterocycles. The summed E-state index contributed by atoms with van der Waals surface area (Å²) in [5.41, 5.74) is 1.34. The second-order valence-electron chi connectivity index (χ2n) is 3.33. The lowest BCUT2D eigenvalue weighted by molar-refractivity contribution is 0.101. The summed E-state index contributed by atoms with van der Waals surface area (Å²) in [6.45, 7) is 1.51. The van der Waals surface area contributed by atoms with Crippen LogP contribution in [0.25, 0.3) is 5.69 Å². The van der Waals surface area contributed by atoms with Crippen LogP contribution in [0.5, 0.6) is 0 Å². The van der Waals surface area contributed by atoms with Crippen LogP contribution in [0.4, 0.5) is 0 Å². The first-order chi connectivity index (χ1) is 7.58. The fraction of sp³-hybridized carbons (Fsp3) is 0.0909. The third-order valence-corrected chi connectivity index (χ3v) is 2.86. The monoisotopic (exact) mass is 298 g/mol. The highest BCUT2D eigenvalue weighted by atomic mass is 79.9. The number of halogens is 2. The van der Waals surface area contributed by atoms with E-state index in [4.69, 9.17) is 11.6 Å². The Kier molecular flexibility index (Phi) is 3.12. The Hall–Kier alpha value is -1.13. The van der Waals surface area contributed by atoms with Gasteiger partial charge in [0.15, 0.2) is 5.78 Å². The molecule has 0 unspecified atom stereocenters. The summed E-state index contributed by atoms with van der Waals surface area (Å²) in [4.78, 5) is 11.2. The molecule has 0 spiro atoms. The van der Waals surface area contributed by atoms with Crippen molar-refractivity contribution in [2.45, 2.75) is 6.92 Å². The molecule has 0 N–H and O–H groups in total. The fourth-order valence-electron chi connectivity index (χ4n) is 1.34. The molecular weight excluding hydrogens is 291 g/mol. The number of nitrogens with zero attached hydrogens (tertiary/aromatic N) is 2. The van der Waals surface area contributed by atoms with Gasteiger partial charge in [-0.3, -0.25) is 4.79 Å². The van der Waals surface area contributed by atoms with E-state index < -0.39 is 0 Å². The van der Waals surface area contributed by atoms with Crippen LogP contribution >= 0.6 is 27.5 Å². The van der Waals surface area contributed by atoms with Crippen molar-refractivity contribution in [2.24, 2.45) is 0 Å². The van der Waals surface area contributed by atoms with Crippen LogP contribution in [-0.4, -0.2) is 15.6 Å². The Morgan fingerprint density at radius 1 is 1.50 bits per heavy atom. The van der Waals surface area contributed by atoms with Gasteiger partial charge in [0.2, 0.25) is 0 Å². The number of aromatic nitrogens is 2. The number of Topliss-reactive ketones (excluding diaryl/α,β-unsaturated/α-hetero) is 1. The summed E-state index contributed by atoms with van der Waals surface area (Å²) in [6, 6.07) is 5.16.